The van der Waals surface area contributed by atoms with Gasteiger partial charge in [0, 0.05) is 11.6 Å². The number of aromatic nitrogens is 2. The number of fused-ring (bicyclic) bond motifs is 1. The van der Waals surface area contributed by atoms with Gasteiger partial charge in [0.2, 0.25) is 0 Å². The highest BCUT2D eigenvalue weighted by Gasteiger charge is 2.10. The summed E-state index contributed by atoms with van der Waals surface area (Å²) in [5, 5.41) is 0.697. The van der Waals surface area contributed by atoms with Gasteiger partial charge >= 0.3 is 0 Å². The highest BCUT2D eigenvalue weighted by molar-refractivity contribution is 6.30. The largest absolute Gasteiger partial charge is 0.326 e. The Morgan fingerprint density at radius 1 is 1.15 bits per heavy atom. The summed E-state index contributed by atoms with van der Waals surface area (Å²) in [5.74, 6) is 0. The molecule has 3 aromatic rings. The van der Waals surface area contributed by atoms with Crippen molar-refractivity contribution in [3.05, 3.63) is 58.4 Å². The molecule has 2 N–H and O–H groups in total. The Morgan fingerprint density at radius 2 is 1.90 bits per heavy atom. The van der Waals surface area contributed by atoms with Crippen LogP contribution in [0.3, 0.4) is 0 Å². The minimum atomic E-state index is 0.469. The molecule has 0 saturated heterocycles. The van der Waals surface area contributed by atoms with Gasteiger partial charge in [0.25, 0.3) is 0 Å². The molecule has 0 atom stereocenters. The first-order valence-electron chi connectivity index (χ1n) is 6.53. The fraction of sp³-hybridized carbons (Fsp3) is 0.188. The number of nitrogens with two attached hydrogens (primary N) is 1. The third-order valence-corrected chi connectivity index (χ3v) is 3.92. The van der Waals surface area contributed by atoms with E-state index in [-0.39, 0.29) is 0 Å². The predicted molar refractivity (Wildman–Crippen MR) is 83.4 cm³/mol. The van der Waals surface area contributed by atoms with Crippen molar-refractivity contribution in [3.8, 4) is 5.69 Å². The summed E-state index contributed by atoms with van der Waals surface area (Å²) >= 11 is 6.12. The van der Waals surface area contributed by atoms with E-state index in [1.54, 1.807) is 0 Å². The molecule has 4 heteroatoms. The summed E-state index contributed by atoms with van der Waals surface area (Å²) in [6, 6.07) is 10.0. The Balaban J connectivity index is 2.30. The lowest BCUT2D eigenvalue weighted by Crippen LogP contribution is -2.04. The topological polar surface area (TPSA) is 43.8 Å². The average molecular weight is 286 g/mol. The molecule has 0 amide bonds. The van der Waals surface area contributed by atoms with Crippen molar-refractivity contribution in [2.75, 3.05) is 0 Å². The van der Waals surface area contributed by atoms with E-state index in [9.17, 15) is 0 Å². The van der Waals surface area contributed by atoms with Gasteiger partial charge in [-0.25, -0.2) is 4.98 Å². The summed E-state index contributed by atoms with van der Waals surface area (Å²) < 4.78 is 2.05. The fourth-order valence-electron chi connectivity index (χ4n) is 2.39. The highest BCUT2D eigenvalue weighted by Crippen LogP contribution is 2.25. The second kappa shape index (κ2) is 4.93. The Bertz CT molecular complexity index is 790. The van der Waals surface area contributed by atoms with Gasteiger partial charge in [-0.3, -0.25) is 4.57 Å². The van der Waals surface area contributed by atoms with Gasteiger partial charge in [0.05, 0.1) is 16.7 Å². The lowest BCUT2D eigenvalue weighted by atomic mass is 10.1. The highest BCUT2D eigenvalue weighted by atomic mass is 35.5. The molecule has 0 spiro atoms. The normalized spacial score (nSPS) is 11.2. The zero-order chi connectivity index (χ0) is 14.3. The van der Waals surface area contributed by atoms with E-state index < -0.39 is 0 Å². The predicted octanol–water partition coefficient (Wildman–Crippen LogP) is 3.75. The minimum Gasteiger partial charge on any atom is -0.326 e. The maximum Gasteiger partial charge on any atom is 0.100 e. The molecule has 0 aliphatic heterocycles. The van der Waals surface area contributed by atoms with E-state index in [0.717, 1.165) is 22.3 Å². The zero-order valence-electron chi connectivity index (χ0n) is 11.5. The van der Waals surface area contributed by atoms with E-state index in [2.05, 4.69) is 35.5 Å². The van der Waals surface area contributed by atoms with E-state index in [4.69, 9.17) is 17.3 Å². The van der Waals surface area contributed by atoms with Crippen LogP contribution in [0.4, 0.5) is 0 Å². The molecule has 0 aliphatic rings. The van der Waals surface area contributed by atoms with Crippen molar-refractivity contribution < 1.29 is 0 Å². The van der Waals surface area contributed by atoms with Crippen molar-refractivity contribution in [1.29, 1.82) is 0 Å². The van der Waals surface area contributed by atoms with Crippen molar-refractivity contribution in [3.63, 3.8) is 0 Å². The molecule has 20 heavy (non-hydrogen) atoms. The number of aryl methyl sites for hydroxylation is 2. The van der Waals surface area contributed by atoms with Gasteiger partial charge < -0.3 is 5.73 Å². The fourth-order valence-corrected chi connectivity index (χ4v) is 2.56. The molecule has 102 valence electrons. The quantitative estimate of drug-likeness (QED) is 0.779. The van der Waals surface area contributed by atoms with Crippen LogP contribution in [0, 0.1) is 13.8 Å². The number of hydrogen-bond donors (Lipinski definition) is 1. The van der Waals surface area contributed by atoms with E-state index in [1.165, 1.54) is 11.1 Å². The zero-order valence-corrected chi connectivity index (χ0v) is 12.3. The summed E-state index contributed by atoms with van der Waals surface area (Å²) in [6.45, 7) is 4.67. The number of nitrogens with zero attached hydrogens (tertiary/aromatic N) is 2. The number of benzene rings is 2. The first kappa shape index (κ1) is 13.2. The smallest absolute Gasteiger partial charge is 0.100 e. The monoisotopic (exact) mass is 285 g/mol. The summed E-state index contributed by atoms with van der Waals surface area (Å²) in [6.07, 6.45) is 1.83. The molecule has 3 nitrogen and oxygen atoms in total. The molecule has 0 saturated carbocycles. The maximum absolute atomic E-state index is 6.12. The van der Waals surface area contributed by atoms with Gasteiger partial charge in [0.15, 0.2) is 0 Å². The van der Waals surface area contributed by atoms with Crippen LogP contribution in [0.15, 0.2) is 36.7 Å². The van der Waals surface area contributed by atoms with E-state index in [1.807, 2.05) is 24.5 Å². The molecular weight excluding hydrogens is 270 g/mol. The molecule has 0 radical (unpaired) electrons. The van der Waals surface area contributed by atoms with Gasteiger partial charge in [-0.2, -0.15) is 0 Å². The van der Waals surface area contributed by atoms with Crippen molar-refractivity contribution in [2.45, 2.75) is 20.4 Å². The average Bonchev–Trinajstić information content (AvgIpc) is 2.82. The second-order valence-corrected chi connectivity index (χ2v) is 5.45. The van der Waals surface area contributed by atoms with Gasteiger partial charge in [0.1, 0.15) is 6.33 Å². The summed E-state index contributed by atoms with van der Waals surface area (Å²) in [4.78, 5) is 4.48. The van der Waals surface area contributed by atoms with Crippen molar-refractivity contribution >= 4 is 22.6 Å². The Hall–Kier alpha value is -1.84. The van der Waals surface area contributed by atoms with E-state index in [0.29, 0.717) is 11.6 Å². The molecule has 2 aromatic carbocycles. The van der Waals surface area contributed by atoms with Crippen LogP contribution in [0.5, 0.6) is 0 Å². The number of hydrogen-bond acceptors (Lipinski definition) is 2. The van der Waals surface area contributed by atoms with Crippen molar-refractivity contribution in [2.24, 2.45) is 5.73 Å². The van der Waals surface area contributed by atoms with Gasteiger partial charge in [-0.15, -0.1) is 0 Å². The molecule has 0 unspecified atom stereocenters. The maximum atomic E-state index is 6.12. The Morgan fingerprint density at radius 3 is 2.65 bits per heavy atom. The third-order valence-electron chi connectivity index (χ3n) is 3.69. The van der Waals surface area contributed by atoms with Crippen LogP contribution in [-0.4, -0.2) is 9.55 Å². The van der Waals surface area contributed by atoms with E-state index >= 15 is 0 Å². The van der Waals surface area contributed by atoms with Crippen LogP contribution in [0.1, 0.15) is 16.7 Å². The SMILES string of the molecule is Cc1cc2ncn(-c3cc(Cl)ccc3CN)c2cc1C. The molecule has 0 bridgehead atoms. The standard InChI is InChI=1S/C16H16ClN3/c1-10-5-14-16(6-11(10)2)20(9-19-14)15-7-13(17)4-3-12(15)8-18/h3-7,9H,8,18H2,1-2H3. The molecule has 1 heterocycles. The van der Waals surface area contributed by atoms with Crippen molar-refractivity contribution in [1.82, 2.24) is 9.55 Å². The first-order chi connectivity index (χ1) is 9.60. The van der Waals surface area contributed by atoms with Gasteiger partial charge in [-0.1, -0.05) is 17.7 Å². The molecule has 0 aliphatic carbocycles. The minimum absolute atomic E-state index is 0.469. The number of rotatable bonds is 2. The lowest BCUT2D eigenvalue weighted by molar-refractivity contribution is 1.000. The van der Waals surface area contributed by atoms with Crippen LogP contribution >= 0.6 is 11.6 Å². The number of halogens is 1. The lowest BCUT2D eigenvalue weighted by Gasteiger charge is -2.11. The van der Waals surface area contributed by atoms with Crippen LogP contribution in [0.2, 0.25) is 5.02 Å². The second-order valence-electron chi connectivity index (χ2n) is 5.02. The third kappa shape index (κ3) is 2.09. The van der Waals surface area contributed by atoms with Gasteiger partial charge in [-0.05, 0) is 54.8 Å². The molecule has 1 aromatic heterocycles. The molecule has 3 rings (SSSR count). The number of imidazole rings is 1. The Labute approximate surface area is 123 Å². The first-order valence-corrected chi connectivity index (χ1v) is 6.91. The molecule has 0 fully saturated rings. The van der Waals surface area contributed by atoms with Crippen LogP contribution in [-0.2, 0) is 6.54 Å². The van der Waals surface area contributed by atoms with Crippen LogP contribution < -0.4 is 5.73 Å². The Kier molecular flexibility index (Phi) is 3.24. The summed E-state index contributed by atoms with van der Waals surface area (Å²) in [5.41, 5.74) is 12.4. The molecular formula is C16H16ClN3. The summed E-state index contributed by atoms with van der Waals surface area (Å²) in [7, 11) is 0. The van der Waals surface area contributed by atoms with Crippen LogP contribution in [0.25, 0.3) is 16.7 Å².